The second-order valence-corrected chi connectivity index (χ2v) is 5.97. The molecule has 5 nitrogen and oxygen atoms in total. The molecule has 0 aliphatic carbocycles. The lowest BCUT2D eigenvalue weighted by Gasteiger charge is -2.04. The lowest BCUT2D eigenvalue weighted by Crippen LogP contribution is -2.25. The van der Waals surface area contributed by atoms with Crippen LogP contribution in [0.15, 0.2) is 59.0 Å². The molecular formula is C19H18ClN3O2. The zero-order valence-electron chi connectivity index (χ0n) is 13.6. The molecule has 0 aliphatic heterocycles. The van der Waals surface area contributed by atoms with Crippen LogP contribution in [-0.4, -0.2) is 22.6 Å². The van der Waals surface area contributed by atoms with E-state index < -0.39 is 0 Å². The Morgan fingerprint density at radius 3 is 2.56 bits per heavy atom. The van der Waals surface area contributed by atoms with Gasteiger partial charge in [-0.15, -0.1) is 10.2 Å². The van der Waals surface area contributed by atoms with Crippen molar-refractivity contribution in [1.29, 1.82) is 0 Å². The van der Waals surface area contributed by atoms with Gasteiger partial charge in [0, 0.05) is 19.4 Å². The molecule has 0 atom stereocenters. The van der Waals surface area contributed by atoms with Crippen molar-refractivity contribution in [2.45, 2.75) is 19.3 Å². The number of nitrogens with one attached hydrogen (secondary N) is 1. The molecule has 0 saturated carbocycles. The molecule has 0 fully saturated rings. The van der Waals surface area contributed by atoms with Crippen LogP contribution in [-0.2, 0) is 17.6 Å². The Bertz CT molecular complexity index is 833. The Balaban J connectivity index is 1.46. The van der Waals surface area contributed by atoms with Gasteiger partial charge in [-0.3, -0.25) is 4.79 Å². The van der Waals surface area contributed by atoms with E-state index in [0.29, 0.717) is 41.8 Å². The Kier molecular flexibility index (Phi) is 5.80. The van der Waals surface area contributed by atoms with E-state index >= 15 is 0 Å². The lowest BCUT2D eigenvalue weighted by atomic mass is 10.1. The van der Waals surface area contributed by atoms with E-state index in [1.54, 1.807) is 6.07 Å². The van der Waals surface area contributed by atoms with E-state index in [1.807, 2.05) is 48.5 Å². The summed E-state index contributed by atoms with van der Waals surface area (Å²) in [6.07, 6.45) is 1.51. The SMILES string of the molecule is O=C(CCc1nnc(-c2ccccc2Cl)o1)NCCc1ccccc1. The normalized spacial score (nSPS) is 10.6. The molecule has 1 heterocycles. The first-order chi connectivity index (χ1) is 12.2. The third-order valence-electron chi connectivity index (χ3n) is 3.72. The Hall–Kier alpha value is -2.66. The van der Waals surface area contributed by atoms with Gasteiger partial charge in [-0.1, -0.05) is 54.1 Å². The van der Waals surface area contributed by atoms with Gasteiger partial charge >= 0.3 is 0 Å². The van der Waals surface area contributed by atoms with Gasteiger partial charge in [-0.25, -0.2) is 0 Å². The maximum Gasteiger partial charge on any atom is 0.249 e. The minimum Gasteiger partial charge on any atom is -0.421 e. The first-order valence-electron chi connectivity index (χ1n) is 8.10. The number of hydrogen-bond donors (Lipinski definition) is 1. The maximum absolute atomic E-state index is 11.9. The Labute approximate surface area is 151 Å². The van der Waals surface area contributed by atoms with Crippen molar-refractivity contribution >= 4 is 17.5 Å². The molecule has 6 heteroatoms. The van der Waals surface area contributed by atoms with Crippen LogP contribution in [0.4, 0.5) is 0 Å². The molecule has 128 valence electrons. The van der Waals surface area contributed by atoms with Crippen molar-refractivity contribution in [2.24, 2.45) is 0 Å². The number of amides is 1. The molecule has 1 amide bonds. The molecule has 3 aromatic rings. The van der Waals surface area contributed by atoms with E-state index in [0.717, 1.165) is 6.42 Å². The molecule has 0 spiro atoms. The number of aryl methyl sites for hydroxylation is 1. The summed E-state index contributed by atoms with van der Waals surface area (Å²) < 4.78 is 5.59. The summed E-state index contributed by atoms with van der Waals surface area (Å²) in [4.78, 5) is 11.9. The van der Waals surface area contributed by atoms with Gasteiger partial charge in [0.05, 0.1) is 10.6 Å². The highest BCUT2D eigenvalue weighted by molar-refractivity contribution is 6.33. The van der Waals surface area contributed by atoms with Gasteiger partial charge < -0.3 is 9.73 Å². The predicted octanol–water partition coefficient (Wildman–Crippen LogP) is 3.68. The zero-order valence-corrected chi connectivity index (χ0v) is 14.4. The fourth-order valence-electron chi connectivity index (χ4n) is 2.40. The van der Waals surface area contributed by atoms with Crippen molar-refractivity contribution in [1.82, 2.24) is 15.5 Å². The number of halogens is 1. The summed E-state index contributed by atoms with van der Waals surface area (Å²) in [6, 6.07) is 17.3. The van der Waals surface area contributed by atoms with E-state index in [-0.39, 0.29) is 5.91 Å². The highest BCUT2D eigenvalue weighted by atomic mass is 35.5. The summed E-state index contributed by atoms with van der Waals surface area (Å²) in [5, 5.41) is 11.4. The van der Waals surface area contributed by atoms with Crippen LogP contribution in [0.2, 0.25) is 5.02 Å². The first kappa shape index (κ1) is 17.2. The molecule has 0 saturated heterocycles. The van der Waals surface area contributed by atoms with Crippen LogP contribution in [0.5, 0.6) is 0 Å². The number of hydrogen-bond acceptors (Lipinski definition) is 4. The van der Waals surface area contributed by atoms with Crippen LogP contribution in [0.3, 0.4) is 0 Å². The number of aromatic nitrogens is 2. The Morgan fingerprint density at radius 1 is 1.00 bits per heavy atom. The molecule has 1 aromatic heterocycles. The summed E-state index contributed by atoms with van der Waals surface area (Å²) in [5.74, 6) is 0.756. The number of nitrogens with zero attached hydrogens (tertiary/aromatic N) is 2. The van der Waals surface area contributed by atoms with E-state index in [4.69, 9.17) is 16.0 Å². The molecule has 3 rings (SSSR count). The highest BCUT2D eigenvalue weighted by Gasteiger charge is 2.12. The fraction of sp³-hybridized carbons (Fsp3) is 0.211. The van der Waals surface area contributed by atoms with Crippen molar-refractivity contribution in [3.05, 3.63) is 71.1 Å². The van der Waals surface area contributed by atoms with E-state index in [1.165, 1.54) is 5.56 Å². The second kappa shape index (κ2) is 8.44. The summed E-state index contributed by atoms with van der Waals surface area (Å²) in [7, 11) is 0. The average Bonchev–Trinajstić information content (AvgIpc) is 3.10. The smallest absolute Gasteiger partial charge is 0.249 e. The molecule has 0 radical (unpaired) electrons. The summed E-state index contributed by atoms with van der Waals surface area (Å²) >= 11 is 6.11. The van der Waals surface area contributed by atoms with Gasteiger partial charge in [0.2, 0.25) is 17.7 Å². The van der Waals surface area contributed by atoms with Gasteiger partial charge in [0.1, 0.15) is 0 Å². The van der Waals surface area contributed by atoms with Crippen LogP contribution >= 0.6 is 11.6 Å². The van der Waals surface area contributed by atoms with E-state index in [2.05, 4.69) is 15.5 Å². The van der Waals surface area contributed by atoms with Crippen molar-refractivity contribution < 1.29 is 9.21 Å². The van der Waals surface area contributed by atoms with Crippen LogP contribution < -0.4 is 5.32 Å². The van der Waals surface area contributed by atoms with Crippen molar-refractivity contribution in [3.8, 4) is 11.5 Å². The average molecular weight is 356 g/mol. The molecule has 2 aromatic carbocycles. The van der Waals surface area contributed by atoms with Crippen LogP contribution in [0.25, 0.3) is 11.5 Å². The minimum absolute atomic E-state index is 0.0339. The highest BCUT2D eigenvalue weighted by Crippen LogP contribution is 2.26. The molecule has 25 heavy (non-hydrogen) atoms. The summed E-state index contributed by atoms with van der Waals surface area (Å²) in [6.45, 7) is 0.609. The van der Waals surface area contributed by atoms with Gasteiger partial charge in [0.15, 0.2) is 0 Å². The number of benzene rings is 2. The first-order valence-corrected chi connectivity index (χ1v) is 8.48. The molecule has 1 N–H and O–H groups in total. The predicted molar refractivity (Wildman–Crippen MR) is 96.2 cm³/mol. The topological polar surface area (TPSA) is 68.0 Å². The number of carbonyl (C=O) groups excluding carboxylic acids is 1. The Morgan fingerprint density at radius 2 is 1.76 bits per heavy atom. The minimum atomic E-state index is -0.0339. The molecule has 0 unspecified atom stereocenters. The number of rotatable bonds is 7. The van der Waals surface area contributed by atoms with Gasteiger partial charge in [-0.05, 0) is 24.1 Å². The summed E-state index contributed by atoms with van der Waals surface area (Å²) in [5.41, 5.74) is 1.89. The molecule has 0 bridgehead atoms. The van der Waals surface area contributed by atoms with Gasteiger partial charge in [0.25, 0.3) is 0 Å². The number of carbonyl (C=O) groups is 1. The standard InChI is InChI=1S/C19H18ClN3O2/c20-16-9-5-4-8-15(16)19-23-22-18(25-19)11-10-17(24)21-13-12-14-6-2-1-3-7-14/h1-9H,10-13H2,(H,21,24). The molecule has 0 aliphatic rings. The van der Waals surface area contributed by atoms with Gasteiger partial charge in [-0.2, -0.15) is 0 Å². The monoisotopic (exact) mass is 355 g/mol. The van der Waals surface area contributed by atoms with Crippen molar-refractivity contribution in [2.75, 3.05) is 6.54 Å². The largest absolute Gasteiger partial charge is 0.421 e. The molecular weight excluding hydrogens is 338 g/mol. The van der Waals surface area contributed by atoms with Crippen LogP contribution in [0.1, 0.15) is 17.9 Å². The maximum atomic E-state index is 11.9. The second-order valence-electron chi connectivity index (χ2n) is 5.57. The quantitative estimate of drug-likeness (QED) is 0.702. The third kappa shape index (κ3) is 4.90. The van der Waals surface area contributed by atoms with E-state index in [9.17, 15) is 4.79 Å². The van der Waals surface area contributed by atoms with Crippen molar-refractivity contribution in [3.63, 3.8) is 0 Å². The van der Waals surface area contributed by atoms with Crippen LogP contribution in [0, 0.1) is 0 Å². The zero-order chi connectivity index (χ0) is 17.5. The lowest BCUT2D eigenvalue weighted by molar-refractivity contribution is -0.121. The third-order valence-corrected chi connectivity index (χ3v) is 4.05. The fourth-order valence-corrected chi connectivity index (χ4v) is 2.61.